The summed E-state index contributed by atoms with van der Waals surface area (Å²) in [6.07, 6.45) is 2.22. The summed E-state index contributed by atoms with van der Waals surface area (Å²) < 4.78 is 0. The third kappa shape index (κ3) is 2.69. The van der Waals surface area contributed by atoms with Crippen molar-refractivity contribution >= 4 is 5.91 Å². The molecule has 0 bridgehead atoms. The lowest BCUT2D eigenvalue weighted by Crippen LogP contribution is -2.47. The zero-order valence-corrected chi connectivity index (χ0v) is 9.36. The lowest BCUT2D eigenvalue weighted by Gasteiger charge is -2.28. The van der Waals surface area contributed by atoms with E-state index in [1.165, 1.54) is 0 Å². The first-order valence-electron chi connectivity index (χ1n) is 5.23. The minimum absolute atomic E-state index is 0.0920. The third-order valence-electron chi connectivity index (χ3n) is 2.63. The number of hydrogen-bond acceptors (Lipinski definition) is 3. The lowest BCUT2D eigenvalue weighted by molar-refractivity contribution is -0.133. The van der Waals surface area contributed by atoms with Crippen LogP contribution >= 0.6 is 0 Å². The fourth-order valence-corrected chi connectivity index (χ4v) is 2.00. The summed E-state index contributed by atoms with van der Waals surface area (Å²) in [6, 6.07) is 0.00117. The average molecular weight is 199 g/mol. The van der Waals surface area contributed by atoms with Crippen molar-refractivity contribution in [2.75, 3.05) is 27.2 Å². The van der Waals surface area contributed by atoms with Crippen LogP contribution in [0.2, 0.25) is 0 Å². The van der Waals surface area contributed by atoms with E-state index in [-0.39, 0.29) is 11.9 Å². The molecule has 0 aliphatic carbocycles. The van der Waals surface area contributed by atoms with Crippen molar-refractivity contribution in [3.05, 3.63) is 0 Å². The maximum Gasteiger partial charge on any atom is 0.239 e. The normalized spacial score (nSPS) is 24.4. The Hall–Kier alpha value is -0.610. The number of carbonyl (C=O) groups excluding carboxylic acids is 1. The van der Waals surface area contributed by atoms with Gasteiger partial charge in [0, 0.05) is 19.1 Å². The van der Waals surface area contributed by atoms with Crippen LogP contribution in [0, 0.1) is 0 Å². The van der Waals surface area contributed by atoms with Gasteiger partial charge in [0.1, 0.15) is 0 Å². The average Bonchev–Trinajstić information content (AvgIpc) is 2.49. The Kier molecular flexibility index (Phi) is 3.89. The first-order valence-corrected chi connectivity index (χ1v) is 5.23. The summed E-state index contributed by atoms with van der Waals surface area (Å²) in [5, 5.41) is 0. The molecule has 0 spiro atoms. The van der Waals surface area contributed by atoms with Gasteiger partial charge in [0.25, 0.3) is 0 Å². The summed E-state index contributed by atoms with van der Waals surface area (Å²) in [5.74, 6) is 0.0920. The van der Waals surface area contributed by atoms with Crippen LogP contribution in [0.15, 0.2) is 0 Å². The van der Waals surface area contributed by atoms with Gasteiger partial charge in [-0.3, -0.25) is 4.79 Å². The van der Waals surface area contributed by atoms with Crippen molar-refractivity contribution in [1.82, 2.24) is 9.80 Å². The predicted octanol–water partition coefficient (Wildman–Crippen LogP) is -0.114. The molecule has 2 unspecified atom stereocenters. The van der Waals surface area contributed by atoms with Gasteiger partial charge in [-0.25, -0.2) is 0 Å². The maximum atomic E-state index is 11.7. The zero-order valence-electron chi connectivity index (χ0n) is 9.36. The molecule has 14 heavy (non-hydrogen) atoms. The van der Waals surface area contributed by atoms with E-state index in [9.17, 15) is 4.79 Å². The van der Waals surface area contributed by atoms with Gasteiger partial charge < -0.3 is 15.5 Å². The van der Waals surface area contributed by atoms with Crippen LogP contribution in [0.1, 0.15) is 19.8 Å². The Morgan fingerprint density at radius 1 is 1.64 bits per heavy atom. The molecule has 1 amide bonds. The number of likely N-dealkylation sites (tertiary alicyclic amines) is 1. The smallest absolute Gasteiger partial charge is 0.239 e. The van der Waals surface area contributed by atoms with E-state index < -0.39 is 0 Å². The van der Waals surface area contributed by atoms with E-state index in [0.29, 0.717) is 6.04 Å². The van der Waals surface area contributed by atoms with E-state index in [1.54, 1.807) is 6.92 Å². The van der Waals surface area contributed by atoms with Crippen LogP contribution in [0.25, 0.3) is 0 Å². The molecule has 1 aliphatic rings. The number of nitrogens with two attached hydrogens (primary N) is 1. The number of rotatable bonds is 3. The molecule has 1 heterocycles. The van der Waals surface area contributed by atoms with Crippen LogP contribution < -0.4 is 5.73 Å². The second kappa shape index (κ2) is 4.75. The van der Waals surface area contributed by atoms with Crippen molar-refractivity contribution in [2.24, 2.45) is 5.73 Å². The second-order valence-electron chi connectivity index (χ2n) is 4.38. The van der Waals surface area contributed by atoms with E-state index in [4.69, 9.17) is 5.73 Å². The highest BCUT2D eigenvalue weighted by atomic mass is 16.2. The molecule has 1 saturated heterocycles. The van der Waals surface area contributed by atoms with Gasteiger partial charge in [0.2, 0.25) is 5.91 Å². The van der Waals surface area contributed by atoms with E-state index in [0.717, 1.165) is 25.9 Å². The number of nitrogens with zero attached hydrogens (tertiary/aromatic N) is 2. The molecule has 0 aromatic carbocycles. The van der Waals surface area contributed by atoms with Gasteiger partial charge in [-0.1, -0.05) is 0 Å². The molecular weight excluding hydrogens is 178 g/mol. The molecule has 82 valence electrons. The topological polar surface area (TPSA) is 49.6 Å². The highest BCUT2D eigenvalue weighted by molar-refractivity contribution is 5.81. The number of amides is 1. The van der Waals surface area contributed by atoms with E-state index >= 15 is 0 Å². The van der Waals surface area contributed by atoms with Crippen molar-refractivity contribution in [3.8, 4) is 0 Å². The SMILES string of the molecule is CC(N)C(=O)N1CCCC1CN(C)C. The zero-order chi connectivity index (χ0) is 10.7. The Balaban J connectivity index is 2.55. The maximum absolute atomic E-state index is 11.7. The Morgan fingerprint density at radius 3 is 2.79 bits per heavy atom. The molecule has 1 aliphatic heterocycles. The summed E-state index contributed by atoms with van der Waals surface area (Å²) in [5.41, 5.74) is 5.60. The Morgan fingerprint density at radius 2 is 2.29 bits per heavy atom. The standard InChI is InChI=1S/C10H21N3O/c1-8(11)10(14)13-6-4-5-9(13)7-12(2)3/h8-9H,4-7,11H2,1-3H3. The second-order valence-corrected chi connectivity index (χ2v) is 4.38. The summed E-state index contributed by atoms with van der Waals surface area (Å²) >= 11 is 0. The summed E-state index contributed by atoms with van der Waals surface area (Å²) in [7, 11) is 4.07. The third-order valence-corrected chi connectivity index (χ3v) is 2.63. The van der Waals surface area contributed by atoms with E-state index in [2.05, 4.69) is 4.90 Å². The Labute approximate surface area is 86.0 Å². The quantitative estimate of drug-likeness (QED) is 0.690. The van der Waals surface area contributed by atoms with Crippen LogP contribution in [-0.4, -0.2) is 55.0 Å². The molecule has 0 aromatic heterocycles. The number of carbonyl (C=O) groups is 1. The van der Waals surface area contributed by atoms with E-state index in [1.807, 2.05) is 19.0 Å². The molecule has 0 saturated carbocycles. The van der Waals surface area contributed by atoms with Crippen LogP contribution in [-0.2, 0) is 4.79 Å². The molecule has 1 fully saturated rings. The van der Waals surface area contributed by atoms with Gasteiger partial charge in [0.05, 0.1) is 6.04 Å². The van der Waals surface area contributed by atoms with Crippen molar-refractivity contribution in [2.45, 2.75) is 31.8 Å². The number of likely N-dealkylation sites (N-methyl/N-ethyl adjacent to an activating group) is 1. The molecule has 1 rings (SSSR count). The molecule has 4 heteroatoms. The Bertz CT molecular complexity index is 204. The van der Waals surface area contributed by atoms with Gasteiger partial charge in [0.15, 0.2) is 0 Å². The monoisotopic (exact) mass is 199 g/mol. The predicted molar refractivity (Wildman–Crippen MR) is 56.9 cm³/mol. The molecule has 0 radical (unpaired) electrons. The molecule has 0 aromatic rings. The fourth-order valence-electron chi connectivity index (χ4n) is 2.00. The van der Waals surface area contributed by atoms with Crippen molar-refractivity contribution in [3.63, 3.8) is 0 Å². The number of hydrogen-bond donors (Lipinski definition) is 1. The molecule has 2 N–H and O–H groups in total. The summed E-state index contributed by atoms with van der Waals surface area (Å²) in [6.45, 7) is 3.57. The first-order chi connectivity index (χ1) is 6.52. The minimum atomic E-state index is -0.363. The molecule has 4 nitrogen and oxygen atoms in total. The molecule has 2 atom stereocenters. The summed E-state index contributed by atoms with van der Waals surface area (Å²) in [4.78, 5) is 15.8. The molecular formula is C10H21N3O. The van der Waals surface area contributed by atoms with Crippen molar-refractivity contribution < 1.29 is 4.79 Å². The van der Waals surface area contributed by atoms with Crippen LogP contribution in [0.4, 0.5) is 0 Å². The fraction of sp³-hybridized carbons (Fsp3) is 0.900. The first kappa shape index (κ1) is 11.5. The van der Waals surface area contributed by atoms with Crippen molar-refractivity contribution in [1.29, 1.82) is 0 Å². The van der Waals surface area contributed by atoms with Gasteiger partial charge in [-0.05, 0) is 33.9 Å². The minimum Gasteiger partial charge on any atom is -0.337 e. The van der Waals surface area contributed by atoms with Crippen LogP contribution in [0.3, 0.4) is 0 Å². The highest BCUT2D eigenvalue weighted by Gasteiger charge is 2.30. The van der Waals surface area contributed by atoms with Gasteiger partial charge in [-0.15, -0.1) is 0 Å². The lowest BCUT2D eigenvalue weighted by atomic mass is 10.2. The van der Waals surface area contributed by atoms with Gasteiger partial charge in [-0.2, -0.15) is 0 Å². The largest absolute Gasteiger partial charge is 0.337 e. The highest BCUT2D eigenvalue weighted by Crippen LogP contribution is 2.18. The van der Waals surface area contributed by atoms with Crippen LogP contribution in [0.5, 0.6) is 0 Å². The van der Waals surface area contributed by atoms with Gasteiger partial charge >= 0.3 is 0 Å².